The first-order chi connectivity index (χ1) is 9.47. The Hall–Kier alpha value is -1.11. The summed E-state index contributed by atoms with van der Waals surface area (Å²) in [6.07, 6.45) is -3.43. The minimum Gasteiger partial charge on any atom is -0.395 e. The Morgan fingerprint density at radius 2 is 1.80 bits per heavy atom. The van der Waals surface area contributed by atoms with E-state index in [1.807, 2.05) is 6.92 Å². The lowest BCUT2D eigenvalue weighted by Gasteiger charge is -2.14. The Labute approximate surface area is 117 Å². The Bertz CT molecular complexity index is 375. The van der Waals surface area contributed by atoms with Crippen molar-refractivity contribution in [2.75, 3.05) is 19.7 Å². The zero-order valence-corrected chi connectivity index (χ0v) is 11.5. The molecule has 1 aromatic carbocycles. The first-order valence-corrected chi connectivity index (χ1v) is 6.68. The van der Waals surface area contributed by atoms with Crippen molar-refractivity contribution in [2.24, 2.45) is 0 Å². The van der Waals surface area contributed by atoms with E-state index in [4.69, 9.17) is 5.11 Å². The van der Waals surface area contributed by atoms with Crippen LogP contribution in [-0.2, 0) is 12.7 Å². The molecule has 1 rings (SSSR count). The Morgan fingerprint density at radius 1 is 1.15 bits per heavy atom. The Balaban J connectivity index is 2.26. The first-order valence-electron chi connectivity index (χ1n) is 6.68. The van der Waals surface area contributed by atoms with Gasteiger partial charge >= 0.3 is 6.18 Å². The van der Waals surface area contributed by atoms with Crippen LogP contribution in [0, 0.1) is 0 Å². The normalized spacial score (nSPS) is 13.4. The fourth-order valence-electron chi connectivity index (χ4n) is 1.75. The summed E-state index contributed by atoms with van der Waals surface area (Å²) in [7, 11) is 0. The molecule has 1 unspecified atom stereocenters. The molecule has 0 radical (unpaired) electrons. The smallest absolute Gasteiger partial charge is 0.395 e. The van der Waals surface area contributed by atoms with E-state index in [2.05, 4.69) is 10.6 Å². The molecular weight excluding hydrogens is 269 g/mol. The van der Waals surface area contributed by atoms with Gasteiger partial charge in [0.2, 0.25) is 0 Å². The van der Waals surface area contributed by atoms with Gasteiger partial charge in [0.25, 0.3) is 0 Å². The summed E-state index contributed by atoms with van der Waals surface area (Å²) in [4.78, 5) is 0. The maximum absolute atomic E-state index is 12.4. The summed E-state index contributed by atoms with van der Waals surface area (Å²) in [6, 6.07) is 5.24. The second-order valence-electron chi connectivity index (χ2n) is 4.61. The molecule has 114 valence electrons. The molecule has 0 saturated heterocycles. The zero-order valence-electron chi connectivity index (χ0n) is 11.5. The lowest BCUT2D eigenvalue weighted by atomic mass is 10.1. The predicted molar refractivity (Wildman–Crippen MR) is 72.3 cm³/mol. The largest absolute Gasteiger partial charge is 0.416 e. The Morgan fingerprint density at radius 3 is 2.30 bits per heavy atom. The highest BCUT2D eigenvalue weighted by molar-refractivity contribution is 5.24. The van der Waals surface area contributed by atoms with Crippen molar-refractivity contribution in [1.29, 1.82) is 0 Å². The second-order valence-corrected chi connectivity index (χ2v) is 4.61. The van der Waals surface area contributed by atoms with Gasteiger partial charge in [-0.25, -0.2) is 0 Å². The van der Waals surface area contributed by atoms with Crippen LogP contribution < -0.4 is 10.6 Å². The molecule has 0 aromatic heterocycles. The van der Waals surface area contributed by atoms with Crippen molar-refractivity contribution in [3.63, 3.8) is 0 Å². The second kappa shape index (κ2) is 8.24. The zero-order chi connectivity index (χ0) is 15.0. The van der Waals surface area contributed by atoms with E-state index in [1.54, 1.807) is 0 Å². The van der Waals surface area contributed by atoms with E-state index < -0.39 is 11.7 Å². The highest BCUT2D eigenvalue weighted by atomic mass is 19.4. The third-order valence-electron chi connectivity index (χ3n) is 3.06. The van der Waals surface area contributed by atoms with Crippen LogP contribution in [0.3, 0.4) is 0 Å². The molecule has 1 atom stereocenters. The van der Waals surface area contributed by atoms with Crippen LogP contribution in [0.25, 0.3) is 0 Å². The third kappa shape index (κ3) is 5.90. The molecule has 1 aromatic rings. The van der Waals surface area contributed by atoms with Crippen LogP contribution >= 0.6 is 0 Å². The molecular formula is C14H21F3N2O. The minimum atomic E-state index is -4.28. The van der Waals surface area contributed by atoms with Crippen LogP contribution in [-0.4, -0.2) is 30.8 Å². The molecule has 3 N–H and O–H groups in total. The molecule has 0 fully saturated rings. The molecule has 3 nitrogen and oxygen atoms in total. The van der Waals surface area contributed by atoms with E-state index in [1.165, 1.54) is 12.1 Å². The summed E-state index contributed by atoms with van der Waals surface area (Å²) in [5.74, 6) is 0. The topological polar surface area (TPSA) is 44.3 Å². The van der Waals surface area contributed by atoms with Gasteiger partial charge in [0.15, 0.2) is 0 Å². The van der Waals surface area contributed by atoms with E-state index in [0.29, 0.717) is 19.6 Å². The molecule has 0 heterocycles. The monoisotopic (exact) mass is 290 g/mol. The van der Waals surface area contributed by atoms with E-state index >= 15 is 0 Å². The molecule has 6 heteroatoms. The van der Waals surface area contributed by atoms with Gasteiger partial charge in [-0.3, -0.25) is 0 Å². The van der Waals surface area contributed by atoms with Crippen LogP contribution in [0.5, 0.6) is 0 Å². The van der Waals surface area contributed by atoms with Crippen LogP contribution in [0.2, 0.25) is 0 Å². The third-order valence-corrected chi connectivity index (χ3v) is 3.06. The molecule has 0 bridgehead atoms. The first kappa shape index (κ1) is 16.9. The number of halogens is 3. The molecule has 0 saturated carbocycles. The molecule has 0 aliphatic heterocycles. The lowest BCUT2D eigenvalue weighted by Crippen LogP contribution is -2.36. The van der Waals surface area contributed by atoms with Crippen molar-refractivity contribution in [1.82, 2.24) is 10.6 Å². The number of nitrogens with one attached hydrogen (secondary N) is 2. The average Bonchev–Trinajstić information content (AvgIpc) is 2.42. The standard InChI is InChI=1S/C14H21F3N2O/c1-2-13(10-20)19-8-7-18-9-11-3-5-12(6-4-11)14(15,16)17/h3-6,13,18-20H,2,7-10H2,1H3. The average molecular weight is 290 g/mol. The van der Waals surface area contributed by atoms with Gasteiger partial charge in [0.1, 0.15) is 0 Å². The summed E-state index contributed by atoms with van der Waals surface area (Å²) < 4.78 is 37.1. The summed E-state index contributed by atoms with van der Waals surface area (Å²) >= 11 is 0. The molecule has 20 heavy (non-hydrogen) atoms. The summed E-state index contributed by atoms with van der Waals surface area (Å²) in [5.41, 5.74) is 0.184. The fourth-order valence-corrected chi connectivity index (χ4v) is 1.75. The van der Waals surface area contributed by atoms with Gasteiger partial charge in [-0.05, 0) is 24.1 Å². The van der Waals surface area contributed by atoms with Crippen molar-refractivity contribution >= 4 is 0 Å². The summed E-state index contributed by atoms with van der Waals surface area (Å²) in [6.45, 7) is 4.02. The number of hydrogen-bond donors (Lipinski definition) is 3. The molecule has 0 spiro atoms. The van der Waals surface area contributed by atoms with E-state index in [9.17, 15) is 13.2 Å². The van der Waals surface area contributed by atoms with Crippen molar-refractivity contribution in [3.8, 4) is 0 Å². The number of benzene rings is 1. The van der Waals surface area contributed by atoms with Gasteiger partial charge in [-0.1, -0.05) is 19.1 Å². The van der Waals surface area contributed by atoms with E-state index in [0.717, 1.165) is 24.1 Å². The van der Waals surface area contributed by atoms with Crippen LogP contribution in [0.1, 0.15) is 24.5 Å². The van der Waals surface area contributed by atoms with Crippen molar-refractivity contribution in [2.45, 2.75) is 32.1 Å². The summed E-state index contributed by atoms with van der Waals surface area (Å²) in [5, 5.41) is 15.3. The number of rotatable bonds is 8. The minimum absolute atomic E-state index is 0.0999. The molecule has 0 aliphatic carbocycles. The van der Waals surface area contributed by atoms with Gasteiger partial charge in [0.05, 0.1) is 12.2 Å². The number of alkyl halides is 3. The maximum atomic E-state index is 12.4. The number of aliphatic hydroxyl groups excluding tert-OH is 1. The molecule has 0 aliphatic rings. The highest BCUT2D eigenvalue weighted by Crippen LogP contribution is 2.28. The van der Waals surface area contributed by atoms with Crippen molar-refractivity contribution in [3.05, 3.63) is 35.4 Å². The lowest BCUT2D eigenvalue weighted by molar-refractivity contribution is -0.137. The van der Waals surface area contributed by atoms with Crippen molar-refractivity contribution < 1.29 is 18.3 Å². The van der Waals surface area contributed by atoms with Gasteiger partial charge in [-0.15, -0.1) is 0 Å². The van der Waals surface area contributed by atoms with Crippen LogP contribution in [0.15, 0.2) is 24.3 Å². The highest BCUT2D eigenvalue weighted by Gasteiger charge is 2.29. The van der Waals surface area contributed by atoms with E-state index in [-0.39, 0.29) is 12.6 Å². The maximum Gasteiger partial charge on any atom is 0.416 e. The fraction of sp³-hybridized carbons (Fsp3) is 0.571. The number of hydrogen-bond acceptors (Lipinski definition) is 3. The van der Waals surface area contributed by atoms with Gasteiger partial charge in [0, 0.05) is 25.7 Å². The quantitative estimate of drug-likeness (QED) is 0.643. The Kier molecular flexibility index (Phi) is 6.98. The SMILES string of the molecule is CCC(CO)NCCNCc1ccc(C(F)(F)F)cc1. The molecule has 0 amide bonds. The van der Waals surface area contributed by atoms with Crippen LogP contribution in [0.4, 0.5) is 13.2 Å². The van der Waals surface area contributed by atoms with Gasteiger partial charge < -0.3 is 15.7 Å². The number of aliphatic hydroxyl groups is 1. The predicted octanol–water partition coefficient (Wildman–Crippen LogP) is 2.16. The van der Waals surface area contributed by atoms with Gasteiger partial charge in [-0.2, -0.15) is 13.2 Å².